The molecular weight excluding hydrogens is 265 g/mol. The third kappa shape index (κ3) is 4.65. The summed E-state index contributed by atoms with van der Waals surface area (Å²) in [5.41, 5.74) is 2.48. The van der Waals surface area contributed by atoms with Crippen LogP contribution < -0.4 is 0 Å². The molecule has 0 bridgehead atoms. The Balaban J connectivity index is 1.85. The van der Waals surface area contributed by atoms with Crippen molar-refractivity contribution in [3.05, 3.63) is 41.7 Å². The fourth-order valence-electron chi connectivity index (χ4n) is 2.87. The fraction of sp³-hybridized carbons (Fsp3) is 0.556. The summed E-state index contributed by atoms with van der Waals surface area (Å²) in [6.07, 6.45) is 4.72. The van der Waals surface area contributed by atoms with Crippen molar-refractivity contribution in [2.75, 3.05) is 26.7 Å². The average Bonchev–Trinajstić information content (AvgIpc) is 2.49. The molecule has 116 valence electrons. The van der Waals surface area contributed by atoms with E-state index in [0.717, 1.165) is 38.0 Å². The summed E-state index contributed by atoms with van der Waals surface area (Å²) in [6.45, 7) is 7.52. The molecule has 0 N–H and O–H groups in total. The Kier molecular flexibility index (Phi) is 5.95. The predicted molar refractivity (Wildman–Crippen MR) is 85.7 cm³/mol. The summed E-state index contributed by atoms with van der Waals surface area (Å²) in [5.74, 6) is 0.390. The highest BCUT2D eigenvalue weighted by atomic mass is 19.1. The molecule has 1 heterocycles. The molecule has 2 rings (SSSR count). The van der Waals surface area contributed by atoms with Gasteiger partial charge in [0.1, 0.15) is 5.82 Å². The lowest BCUT2D eigenvalue weighted by atomic mass is 9.98. The summed E-state index contributed by atoms with van der Waals surface area (Å²) in [7, 11) is 1.80. The van der Waals surface area contributed by atoms with Crippen LogP contribution in [0.15, 0.2) is 30.3 Å². The first-order valence-electron chi connectivity index (χ1n) is 7.80. The largest absolute Gasteiger partial charge is 0.381 e. The van der Waals surface area contributed by atoms with Crippen molar-refractivity contribution in [2.24, 2.45) is 5.92 Å². The van der Waals surface area contributed by atoms with Gasteiger partial charge < -0.3 is 4.74 Å². The van der Waals surface area contributed by atoms with Crippen molar-refractivity contribution in [3.63, 3.8) is 0 Å². The second-order valence-corrected chi connectivity index (χ2v) is 6.09. The maximum absolute atomic E-state index is 13.0. The number of hydrogen-bond acceptors (Lipinski definition) is 2. The monoisotopic (exact) mass is 291 g/mol. The van der Waals surface area contributed by atoms with E-state index in [1.54, 1.807) is 7.11 Å². The maximum Gasteiger partial charge on any atom is 0.123 e. The van der Waals surface area contributed by atoms with Gasteiger partial charge in [-0.2, -0.15) is 0 Å². The van der Waals surface area contributed by atoms with Gasteiger partial charge in [-0.25, -0.2) is 4.39 Å². The summed E-state index contributed by atoms with van der Waals surface area (Å²) >= 11 is 0. The Labute approximate surface area is 127 Å². The zero-order valence-corrected chi connectivity index (χ0v) is 13.3. The highest BCUT2D eigenvalue weighted by Gasteiger charge is 2.17. The van der Waals surface area contributed by atoms with Gasteiger partial charge in [-0.1, -0.05) is 32.1 Å². The number of ether oxygens (including phenoxy) is 1. The molecule has 1 aromatic carbocycles. The molecule has 0 saturated carbocycles. The molecule has 0 fully saturated rings. The highest BCUT2D eigenvalue weighted by Crippen LogP contribution is 2.23. The maximum atomic E-state index is 13.0. The molecule has 2 nitrogen and oxygen atoms in total. The lowest BCUT2D eigenvalue weighted by molar-refractivity contribution is 0.0496. The Hall–Kier alpha value is -1.19. The Bertz CT molecular complexity index is 467. The number of rotatable bonds is 6. The van der Waals surface area contributed by atoms with Crippen LogP contribution in [0.3, 0.4) is 0 Å². The van der Waals surface area contributed by atoms with Gasteiger partial charge in [-0.05, 0) is 42.0 Å². The van der Waals surface area contributed by atoms with Gasteiger partial charge in [-0.3, -0.25) is 4.90 Å². The molecule has 1 aliphatic heterocycles. The van der Waals surface area contributed by atoms with Crippen LogP contribution in [0.1, 0.15) is 32.3 Å². The van der Waals surface area contributed by atoms with Gasteiger partial charge >= 0.3 is 0 Å². The Morgan fingerprint density at radius 2 is 1.95 bits per heavy atom. The molecule has 1 unspecified atom stereocenters. The van der Waals surface area contributed by atoms with E-state index in [1.807, 2.05) is 12.1 Å². The lowest BCUT2D eigenvalue weighted by Gasteiger charge is -2.28. The second-order valence-electron chi connectivity index (χ2n) is 6.09. The Morgan fingerprint density at radius 3 is 2.48 bits per heavy atom. The van der Waals surface area contributed by atoms with Crippen LogP contribution >= 0.6 is 0 Å². The van der Waals surface area contributed by atoms with Crippen LogP contribution in [0, 0.1) is 11.7 Å². The zero-order chi connectivity index (χ0) is 15.2. The number of halogens is 1. The quantitative estimate of drug-likeness (QED) is 0.786. The molecule has 3 heteroatoms. The van der Waals surface area contributed by atoms with Crippen LogP contribution in [0.5, 0.6) is 0 Å². The third-order valence-corrected chi connectivity index (χ3v) is 4.28. The predicted octanol–water partition coefficient (Wildman–Crippen LogP) is 3.98. The van der Waals surface area contributed by atoms with E-state index in [2.05, 4.69) is 24.8 Å². The minimum absolute atomic E-state index is 0.170. The molecule has 1 aliphatic rings. The van der Waals surface area contributed by atoms with E-state index >= 15 is 0 Å². The topological polar surface area (TPSA) is 12.5 Å². The molecular formula is C18H26FNO. The van der Waals surface area contributed by atoms with Crippen molar-refractivity contribution < 1.29 is 9.13 Å². The lowest BCUT2D eigenvalue weighted by Crippen LogP contribution is -2.33. The number of hydrogen-bond donors (Lipinski definition) is 0. The number of benzene rings is 1. The molecule has 0 saturated heterocycles. The molecule has 0 radical (unpaired) electrons. The van der Waals surface area contributed by atoms with Crippen molar-refractivity contribution in [2.45, 2.75) is 32.8 Å². The van der Waals surface area contributed by atoms with Gasteiger partial charge in [0.15, 0.2) is 0 Å². The van der Waals surface area contributed by atoms with Gasteiger partial charge in [0.2, 0.25) is 0 Å². The molecule has 1 atom stereocenters. The van der Waals surface area contributed by atoms with Crippen LogP contribution in [0.25, 0.3) is 5.57 Å². The van der Waals surface area contributed by atoms with E-state index in [9.17, 15) is 4.39 Å². The molecule has 0 spiro atoms. The van der Waals surface area contributed by atoms with Gasteiger partial charge in [0.05, 0.1) is 6.10 Å². The molecule has 1 aromatic rings. The number of nitrogens with zero attached hydrogens (tertiary/aromatic N) is 1. The zero-order valence-electron chi connectivity index (χ0n) is 13.3. The van der Waals surface area contributed by atoms with Gasteiger partial charge in [0, 0.05) is 26.7 Å². The van der Waals surface area contributed by atoms with Crippen molar-refractivity contribution in [1.29, 1.82) is 0 Å². The first-order valence-corrected chi connectivity index (χ1v) is 7.80. The van der Waals surface area contributed by atoms with E-state index < -0.39 is 0 Å². The molecule has 0 amide bonds. The standard InChI is InChI=1S/C18H26FNO/c1-14(2)18(21-3)10-13-20-11-8-16(9-12-20)15-4-6-17(19)7-5-15/h4-8,14,18H,9-13H2,1-3H3. The highest BCUT2D eigenvalue weighted by molar-refractivity contribution is 5.66. The molecule has 21 heavy (non-hydrogen) atoms. The van der Waals surface area contributed by atoms with Crippen LogP contribution in [-0.2, 0) is 4.74 Å². The van der Waals surface area contributed by atoms with Crippen molar-refractivity contribution in [3.8, 4) is 0 Å². The first-order chi connectivity index (χ1) is 10.1. The number of methoxy groups -OCH3 is 1. The fourth-order valence-corrected chi connectivity index (χ4v) is 2.87. The Morgan fingerprint density at radius 1 is 1.24 bits per heavy atom. The smallest absolute Gasteiger partial charge is 0.123 e. The summed E-state index contributed by atoms with van der Waals surface area (Å²) in [4.78, 5) is 2.46. The van der Waals surface area contributed by atoms with Crippen LogP contribution in [0.2, 0.25) is 0 Å². The van der Waals surface area contributed by atoms with Gasteiger partial charge in [0.25, 0.3) is 0 Å². The normalized spacial score (nSPS) is 17.9. The molecule has 0 aliphatic carbocycles. The van der Waals surface area contributed by atoms with Crippen molar-refractivity contribution in [1.82, 2.24) is 4.90 Å². The minimum atomic E-state index is -0.170. The SMILES string of the molecule is COC(CCN1CC=C(c2ccc(F)cc2)CC1)C(C)C. The first kappa shape index (κ1) is 16.2. The van der Waals surface area contributed by atoms with E-state index in [1.165, 1.54) is 17.7 Å². The van der Waals surface area contributed by atoms with Crippen LogP contribution in [-0.4, -0.2) is 37.7 Å². The minimum Gasteiger partial charge on any atom is -0.381 e. The third-order valence-electron chi connectivity index (χ3n) is 4.28. The second kappa shape index (κ2) is 7.71. The summed E-state index contributed by atoms with van der Waals surface area (Å²) < 4.78 is 18.5. The van der Waals surface area contributed by atoms with Crippen LogP contribution in [0.4, 0.5) is 4.39 Å². The van der Waals surface area contributed by atoms with Gasteiger partial charge in [-0.15, -0.1) is 0 Å². The molecule has 0 aromatic heterocycles. The van der Waals surface area contributed by atoms with E-state index in [4.69, 9.17) is 4.74 Å². The average molecular weight is 291 g/mol. The van der Waals surface area contributed by atoms with E-state index in [0.29, 0.717) is 12.0 Å². The van der Waals surface area contributed by atoms with Crippen molar-refractivity contribution >= 4 is 5.57 Å². The summed E-state index contributed by atoms with van der Waals surface area (Å²) in [6, 6.07) is 6.82. The summed E-state index contributed by atoms with van der Waals surface area (Å²) in [5, 5.41) is 0. The van der Waals surface area contributed by atoms with E-state index in [-0.39, 0.29) is 5.82 Å².